The fourth-order valence-corrected chi connectivity index (χ4v) is 3.70. The molecule has 3 rings (SSSR count). The molecule has 0 saturated heterocycles. The van der Waals surface area contributed by atoms with Gasteiger partial charge in [0, 0.05) is 23.6 Å². The van der Waals surface area contributed by atoms with Gasteiger partial charge in [0.2, 0.25) is 11.8 Å². The summed E-state index contributed by atoms with van der Waals surface area (Å²) < 4.78 is 5.46. The van der Waals surface area contributed by atoms with Gasteiger partial charge in [-0.1, -0.05) is 29.8 Å². The summed E-state index contributed by atoms with van der Waals surface area (Å²) in [7, 11) is 0. The second-order valence-electron chi connectivity index (χ2n) is 5.12. The molecule has 3 aromatic rings. The second kappa shape index (κ2) is 6.62. The van der Waals surface area contributed by atoms with Gasteiger partial charge in [-0.05, 0) is 13.8 Å². The number of benzene rings is 1. The second-order valence-corrected chi connectivity index (χ2v) is 7.31. The van der Waals surface area contributed by atoms with E-state index in [1.54, 1.807) is 23.1 Å². The molecule has 0 aliphatic carbocycles. The fourth-order valence-electron chi connectivity index (χ4n) is 1.96. The van der Waals surface area contributed by atoms with Crippen molar-refractivity contribution >= 4 is 23.1 Å². The molecule has 0 unspecified atom stereocenters. The maximum atomic E-state index is 5.46. The SMILES string of the molecule is Cc1ccc(-c2nc(CS[C@@H](C)c3nnc(C)o3)cs2)cc1. The maximum Gasteiger partial charge on any atom is 0.229 e. The molecule has 0 fully saturated rings. The van der Waals surface area contributed by atoms with Gasteiger partial charge in [-0.15, -0.1) is 33.3 Å². The highest BCUT2D eigenvalue weighted by molar-refractivity contribution is 7.98. The van der Waals surface area contributed by atoms with Crippen molar-refractivity contribution in [2.45, 2.75) is 31.8 Å². The molecule has 1 atom stereocenters. The summed E-state index contributed by atoms with van der Waals surface area (Å²) in [6, 6.07) is 8.47. The van der Waals surface area contributed by atoms with Gasteiger partial charge < -0.3 is 4.42 Å². The molecular formula is C16H17N3OS2. The minimum atomic E-state index is 0.172. The summed E-state index contributed by atoms with van der Waals surface area (Å²) in [5.74, 6) is 2.12. The van der Waals surface area contributed by atoms with Gasteiger partial charge in [0.1, 0.15) is 5.01 Å². The van der Waals surface area contributed by atoms with Crippen molar-refractivity contribution in [2.24, 2.45) is 0 Å². The molecule has 0 radical (unpaired) electrons. The molecule has 0 N–H and O–H groups in total. The Labute approximate surface area is 138 Å². The highest BCUT2D eigenvalue weighted by Crippen LogP contribution is 2.32. The number of hydrogen-bond donors (Lipinski definition) is 0. The number of hydrogen-bond acceptors (Lipinski definition) is 6. The molecular weight excluding hydrogens is 314 g/mol. The molecule has 2 heterocycles. The zero-order valence-corrected chi connectivity index (χ0v) is 14.4. The first kappa shape index (κ1) is 15.2. The van der Waals surface area contributed by atoms with E-state index in [0.717, 1.165) is 16.5 Å². The Bertz CT molecular complexity index is 749. The third kappa shape index (κ3) is 3.56. The monoisotopic (exact) mass is 331 g/mol. The predicted molar refractivity (Wildman–Crippen MR) is 91.0 cm³/mol. The van der Waals surface area contributed by atoms with E-state index >= 15 is 0 Å². The van der Waals surface area contributed by atoms with Crippen molar-refractivity contribution in [1.29, 1.82) is 0 Å². The van der Waals surface area contributed by atoms with Crippen LogP contribution in [0, 0.1) is 13.8 Å². The number of rotatable bonds is 5. The zero-order valence-electron chi connectivity index (χ0n) is 12.7. The Morgan fingerprint density at radius 2 is 1.95 bits per heavy atom. The van der Waals surface area contributed by atoms with Gasteiger partial charge in [0.05, 0.1) is 10.9 Å². The number of thioether (sulfide) groups is 1. The van der Waals surface area contributed by atoms with Crippen molar-refractivity contribution in [1.82, 2.24) is 15.2 Å². The summed E-state index contributed by atoms with van der Waals surface area (Å²) in [4.78, 5) is 4.71. The molecule has 0 aliphatic rings. The van der Waals surface area contributed by atoms with Crippen LogP contribution in [0.2, 0.25) is 0 Å². The Morgan fingerprint density at radius 1 is 1.18 bits per heavy atom. The van der Waals surface area contributed by atoms with Crippen LogP contribution in [-0.4, -0.2) is 15.2 Å². The molecule has 0 amide bonds. The largest absolute Gasteiger partial charge is 0.424 e. The lowest BCUT2D eigenvalue weighted by molar-refractivity contribution is 0.470. The van der Waals surface area contributed by atoms with Crippen molar-refractivity contribution < 1.29 is 4.42 Å². The average Bonchev–Trinajstić information content (AvgIpc) is 3.15. The molecule has 6 heteroatoms. The Balaban J connectivity index is 1.63. The zero-order chi connectivity index (χ0) is 15.5. The molecule has 0 aliphatic heterocycles. The number of aryl methyl sites for hydroxylation is 2. The quantitative estimate of drug-likeness (QED) is 0.672. The van der Waals surface area contributed by atoms with Gasteiger partial charge in [-0.2, -0.15) is 0 Å². The Hall–Kier alpha value is -1.66. The lowest BCUT2D eigenvalue weighted by atomic mass is 10.2. The first-order valence-corrected chi connectivity index (χ1v) is 8.97. The van der Waals surface area contributed by atoms with Gasteiger partial charge >= 0.3 is 0 Å². The van der Waals surface area contributed by atoms with Crippen LogP contribution in [0.15, 0.2) is 34.1 Å². The van der Waals surface area contributed by atoms with Crippen LogP contribution >= 0.6 is 23.1 Å². The van der Waals surface area contributed by atoms with Gasteiger partial charge in [0.25, 0.3) is 0 Å². The van der Waals surface area contributed by atoms with E-state index in [0.29, 0.717) is 11.8 Å². The van der Waals surface area contributed by atoms with Crippen LogP contribution in [-0.2, 0) is 5.75 Å². The van der Waals surface area contributed by atoms with E-state index in [1.807, 2.05) is 6.92 Å². The normalized spacial score (nSPS) is 12.5. The van der Waals surface area contributed by atoms with E-state index < -0.39 is 0 Å². The van der Waals surface area contributed by atoms with Crippen molar-refractivity contribution in [3.63, 3.8) is 0 Å². The highest BCUT2D eigenvalue weighted by atomic mass is 32.2. The number of aromatic nitrogens is 3. The highest BCUT2D eigenvalue weighted by Gasteiger charge is 2.14. The van der Waals surface area contributed by atoms with Crippen LogP contribution in [0.4, 0.5) is 0 Å². The number of nitrogens with zero attached hydrogens (tertiary/aromatic N) is 3. The minimum absolute atomic E-state index is 0.172. The van der Waals surface area contributed by atoms with Crippen molar-refractivity contribution in [2.75, 3.05) is 0 Å². The molecule has 0 saturated carbocycles. The summed E-state index contributed by atoms with van der Waals surface area (Å²) in [6.07, 6.45) is 0. The van der Waals surface area contributed by atoms with Crippen molar-refractivity contribution in [3.05, 3.63) is 52.7 Å². The first-order chi connectivity index (χ1) is 10.6. The summed E-state index contributed by atoms with van der Waals surface area (Å²) in [5, 5.41) is 11.3. The van der Waals surface area contributed by atoms with Crippen LogP contribution in [0.1, 0.15) is 35.2 Å². The van der Waals surface area contributed by atoms with Crippen molar-refractivity contribution in [3.8, 4) is 10.6 Å². The predicted octanol–water partition coefficient (Wildman–Crippen LogP) is 4.80. The van der Waals surface area contributed by atoms with Gasteiger partial charge in [-0.25, -0.2) is 4.98 Å². The van der Waals surface area contributed by atoms with E-state index in [2.05, 4.69) is 53.7 Å². The fraction of sp³-hybridized carbons (Fsp3) is 0.312. The standard InChI is InChI=1S/C16H17N3OS2/c1-10-4-6-13(7-5-10)16-17-14(9-22-16)8-21-11(2)15-19-18-12(3)20-15/h4-7,9,11H,8H2,1-3H3/t11-/m0/s1. The molecule has 4 nitrogen and oxygen atoms in total. The van der Waals surface area contributed by atoms with Gasteiger partial charge in [-0.3, -0.25) is 0 Å². The van der Waals surface area contributed by atoms with Gasteiger partial charge in [0.15, 0.2) is 0 Å². The maximum absolute atomic E-state index is 5.46. The third-order valence-electron chi connectivity index (χ3n) is 3.22. The topological polar surface area (TPSA) is 51.8 Å². The van der Waals surface area contributed by atoms with Crippen LogP contribution in [0.25, 0.3) is 10.6 Å². The number of thiazole rings is 1. The smallest absolute Gasteiger partial charge is 0.229 e. The lowest BCUT2D eigenvalue weighted by Gasteiger charge is -2.04. The average molecular weight is 331 g/mol. The van der Waals surface area contributed by atoms with Crippen LogP contribution in [0.5, 0.6) is 0 Å². The van der Waals surface area contributed by atoms with Crippen LogP contribution < -0.4 is 0 Å². The molecule has 114 valence electrons. The summed E-state index contributed by atoms with van der Waals surface area (Å²) in [5.41, 5.74) is 3.53. The molecule has 22 heavy (non-hydrogen) atoms. The van der Waals surface area contributed by atoms with E-state index in [4.69, 9.17) is 9.40 Å². The minimum Gasteiger partial charge on any atom is -0.424 e. The lowest BCUT2D eigenvalue weighted by Crippen LogP contribution is -1.90. The van der Waals surface area contributed by atoms with E-state index in [1.165, 1.54) is 11.1 Å². The summed E-state index contributed by atoms with van der Waals surface area (Å²) in [6.45, 7) is 5.97. The summed E-state index contributed by atoms with van der Waals surface area (Å²) >= 11 is 3.44. The Morgan fingerprint density at radius 3 is 2.64 bits per heavy atom. The third-order valence-corrected chi connectivity index (χ3v) is 5.33. The van der Waals surface area contributed by atoms with Crippen LogP contribution in [0.3, 0.4) is 0 Å². The molecule has 0 spiro atoms. The first-order valence-electron chi connectivity index (χ1n) is 7.05. The molecule has 0 bridgehead atoms. The molecule has 2 aromatic heterocycles. The van der Waals surface area contributed by atoms with E-state index in [9.17, 15) is 0 Å². The Kier molecular flexibility index (Phi) is 4.59. The molecule has 1 aromatic carbocycles. The van der Waals surface area contributed by atoms with E-state index in [-0.39, 0.29) is 5.25 Å².